The minimum Gasteiger partial charge on any atom is -0.224 e. The van der Waals surface area contributed by atoms with Crippen molar-refractivity contribution in [3.8, 4) is 0 Å². The Labute approximate surface area is 92.4 Å². The second kappa shape index (κ2) is 5.69. The Kier molecular flexibility index (Phi) is 5.23. The molecule has 90 valence electrons. The van der Waals surface area contributed by atoms with Crippen molar-refractivity contribution in [3.05, 3.63) is 48.4 Å². The second-order valence-electron chi connectivity index (χ2n) is 2.78. The molecule has 0 amide bonds. The fourth-order valence-corrected chi connectivity index (χ4v) is 1.56. The molecular weight excluding hydrogens is 241 g/mol. The maximum Gasteiger partial charge on any atom is 0.416 e. The summed E-state index contributed by atoms with van der Waals surface area (Å²) in [5, 5.41) is 0.511. The van der Waals surface area contributed by atoms with E-state index in [0.717, 1.165) is 12.2 Å². The van der Waals surface area contributed by atoms with E-state index in [1.54, 1.807) is 0 Å². The van der Waals surface area contributed by atoms with Crippen LogP contribution in [-0.2, 0) is 9.84 Å². The van der Waals surface area contributed by atoms with Gasteiger partial charge in [-0.1, -0.05) is 24.8 Å². The van der Waals surface area contributed by atoms with Gasteiger partial charge in [0.15, 0.2) is 9.84 Å². The normalized spacial score (nSPS) is 14.1. The zero-order valence-corrected chi connectivity index (χ0v) is 9.18. The molecule has 0 aromatic heterocycles. The van der Waals surface area contributed by atoms with Crippen LogP contribution < -0.4 is 0 Å². The quantitative estimate of drug-likeness (QED) is 0.557. The van der Waals surface area contributed by atoms with Crippen molar-refractivity contribution in [2.45, 2.75) is 6.18 Å². The summed E-state index contributed by atoms with van der Waals surface area (Å²) in [5.41, 5.74) is -1.07. The van der Waals surface area contributed by atoms with Crippen molar-refractivity contribution >= 4 is 9.84 Å². The predicted molar refractivity (Wildman–Crippen MR) is 57.5 cm³/mol. The largest absolute Gasteiger partial charge is 0.416 e. The van der Waals surface area contributed by atoms with Crippen LogP contribution in [0, 0.1) is 0 Å². The molecular formula is C10H11F3O2S. The lowest BCUT2D eigenvalue weighted by atomic mass is 10.2. The highest BCUT2D eigenvalue weighted by Crippen LogP contribution is 2.26. The zero-order valence-electron chi connectivity index (χ0n) is 8.37. The molecule has 0 aliphatic rings. The van der Waals surface area contributed by atoms with Gasteiger partial charge in [-0.25, -0.2) is 8.42 Å². The van der Waals surface area contributed by atoms with Crippen molar-refractivity contribution in [2.75, 3.05) is 5.75 Å². The second-order valence-corrected chi connectivity index (χ2v) is 4.71. The van der Waals surface area contributed by atoms with E-state index in [9.17, 15) is 21.6 Å². The SMILES string of the molecule is C=C/C=C(\C=C\S(=O)(=O)CC=C)C(F)(F)F. The number of hydrogen-bond acceptors (Lipinski definition) is 2. The van der Waals surface area contributed by atoms with E-state index in [-0.39, 0.29) is 0 Å². The fourth-order valence-electron chi connectivity index (χ4n) is 0.768. The van der Waals surface area contributed by atoms with E-state index in [0.29, 0.717) is 17.6 Å². The van der Waals surface area contributed by atoms with Crippen LogP contribution in [0.25, 0.3) is 0 Å². The minimum absolute atomic E-state index is 0.400. The molecule has 0 atom stereocenters. The molecule has 0 rings (SSSR count). The van der Waals surface area contributed by atoms with Crippen molar-refractivity contribution in [3.63, 3.8) is 0 Å². The minimum atomic E-state index is -4.60. The Bertz CT molecular complexity index is 414. The summed E-state index contributed by atoms with van der Waals surface area (Å²) >= 11 is 0. The molecule has 6 heteroatoms. The molecule has 0 radical (unpaired) electrons. The first-order valence-electron chi connectivity index (χ1n) is 4.14. The summed E-state index contributed by atoms with van der Waals surface area (Å²) in [5.74, 6) is -0.400. The number of rotatable bonds is 5. The number of hydrogen-bond donors (Lipinski definition) is 0. The van der Waals surface area contributed by atoms with Crippen LogP contribution in [0.15, 0.2) is 48.4 Å². The molecule has 0 fully saturated rings. The predicted octanol–water partition coefficient (Wildman–Crippen LogP) is 2.78. The fraction of sp³-hybridized carbons (Fsp3) is 0.200. The first kappa shape index (κ1) is 14.7. The van der Waals surface area contributed by atoms with E-state index < -0.39 is 27.3 Å². The molecule has 16 heavy (non-hydrogen) atoms. The van der Waals surface area contributed by atoms with E-state index in [1.807, 2.05) is 0 Å². The third kappa shape index (κ3) is 5.55. The lowest BCUT2D eigenvalue weighted by Gasteiger charge is -2.06. The van der Waals surface area contributed by atoms with Crippen molar-refractivity contribution < 1.29 is 21.6 Å². The zero-order chi connectivity index (χ0) is 12.8. The number of halogens is 3. The third-order valence-corrected chi connectivity index (χ3v) is 2.68. The average Bonchev–Trinajstić information content (AvgIpc) is 2.10. The molecule has 0 aliphatic heterocycles. The van der Waals surface area contributed by atoms with Gasteiger partial charge in [-0.3, -0.25) is 0 Å². The first-order valence-corrected chi connectivity index (χ1v) is 5.86. The molecule has 0 bridgehead atoms. The molecule has 2 nitrogen and oxygen atoms in total. The molecule has 0 spiro atoms. The number of alkyl halides is 3. The Hall–Kier alpha value is -1.30. The molecule has 0 saturated carbocycles. The summed E-state index contributed by atoms with van der Waals surface area (Å²) in [6.45, 7) is 6.31. The van der Waals surface area contributed by atoms with Gasteiger partial charge in [0.1, 0.15) is 0 Å². The van der Waals surface area contributed by atoms with E-state index in [4.69, 9.17) is 0 Å². The van der Waals surface area contributed by atoms with Gasteiger partial charge in [0, 0.05) is 5.41 Å². The number of sulfone groups is 1. The molecule has 0 aromatic carbocycles. The maximum absolute atomic E-state index is 12.3. The van der Waals surface area contributed by atoms with Gasteiger partial charge in [0.2, 0.25) is 0 Å². The monoisotopic (exact) mass is 252 g/mol. The smallest absolute Gasteiger partial charge is 0.224 e. The summed E-state index contributed by atoms with van der Waals surface area (Å²) in [7, 11) is -3.68. The van der Waals surface area contributed by atoms with Gasteiger partial charge in [0.05, 0.1) is 11.3 Å². The summed E-state index contributed by atoms with van der Waals surface area (Å²) < 4.78 is 59.0. The van der Waals surface area contributed by atoms with E-state index in [2.05, 4.69) is 13.2 Å². The lowest BCUT2D eigenvalue weighted by molar-refractivity contribution is -0.0881. The van der Waals surface area contributed by atoms with Gasteiger partial charge in [-0.15, -0.1) is 6.58 Å². The van der Waals surface area contributed by atoms with Gasteiger partial charge in [-0.05, 0) is 6.08 Å². The van der Waals surface area contributed by atoms with Crippen LogP contribution >= 0.6 is 0 Å². The average molecular weight is 252 g/mol. The third-order valence-electron chi connectivity index (χ3n) is 1.43. The van der Waals surface area contributed by atoms with Crippen LogP contribution in [0.3, 0.4) is 0 Å². The molecule has 0 aliphatic carbocycles. The summed E-state index contributed by atoms with van der Waals surface area (Å²) in [6.07, 6.45) is -1.37. The Morgan fingerprint density at radius 2 is 1.81 bits per heavy atom. The molecule has 0 heterocycles. The molecule has 0 aromatic rings. The first-order chi connectivity index (χ1) is 7.23. The van der Waals surface area contributed by atoms with Crippen molar-refractivity contribution in [2.24, 2.45) is 0 Å². The summed E-state index contributed by atoms with van der Waals surface area (Å²) in [6, 6.07) is 0. The lowest BCUT2D eigenvalue weighted by Crippen LogP contribution is -2.10. The van der Waals surface area contributed by atoms with Gasteiger partial charge in [0.25, 0.3) is 0 Å². The maximum atomic E-state index is 12.3. The van der Waals surface area contributed by atoms with Crippen LogP contribution in [0.4, 0.5) is 13.2 Å². The highest BCUT2D eigenvalue weighted by Gasteiger charge is 2.31. The van der Waals surface area contributed by atoms with E-state index >= 15 is 0 Å². The van der Waals surface area contributed by atoms with E-state index in [1.165, 1.54) is 0 Å². The standard InChI is InChI=1S/C10H11F3O2S/c1-3-5-9(10(11,12)13)6-8-16(14,15)7-4-2/h3-6,8H,1-2,7H2/b8-6+,9-5+. The summed E-state index contributed by atoms with van der Waals surface area (Å²) in [4.78, 5) is 0. The van der Waals surface area contributed by atoms with Crippen LogP contribution in [-0.4, -0.2) is 20.3 Å². The Balaban J connectivity index is 5.07. The number of allylic oxidation sites excluding steroid dienone is 4. The molecule has 0 unspecified atom stereocenters. The molecule has 0 saturated heterocycles. The Morgan fingerprint density at radius 1 is 1.25 bits per heavy atom. The van der Waals surface area contributed by atoms with Crippen LogP contribution in [0.1, 0.15) is 0 Å². The topological polar surface area (TPSA) is 34.1 Å². The highest BCUT2D eigenvalue weighted by atomic mass is 32.2. The van der Waals surface area contributed by atoms with Crippen LogP contribution in [0.2, 0.25) is 0 Å². The van der Waals surface area contributed by atoms with Gasteiger partial charge >= 0.3 is 6.18 Å². The Morgan fingerprint density at radius 3 is 2.19 bits per heavy atom. The van der Waals surface area contributed by atoms with Crippen molar-refractivity contribution in [1.82, 2.24) is 0 Å². The highest BCUT2D eigenvalue weighted by molar-refractivity contribution is 7.94. The van der Waals surface area contributed by atoms with Crippen LogP contribution in [0.5, 0.6) is 0 Å². The van der Waals surface area contributed by atoms with Crippen molar-refractivity contribution in [1.29, 1.82) is 0 Å². The van der Waals surface area contributed by atoms with Gasteiger partial charge in [-0.2, -0.15) is 13.2 Å². The van der Waals surface area contributed by atoms with Gasteiger partial charge < -0.3 is 0 Å². The molecule has 0 N–H and O–H groups in total.